The van der Waals surface area contributed by atoms with E-state index in [4.69, 9.17) is 4.74 Å². The lowest BCUT2D eigenvalue weighted by atomic mass is 10.3. The van der Waals surface area contributed by atoms with Crippen LogP contribution >= 0.6 is 11.3 Å². The van der Waals surface area contributed by atoms with Crippen molar-refractivity contribution in [3.05, 3.63) is 41.8 Å². The number of hydrogen-bond donors (Lipinski definition) is 1. The number of nitrogens with zero attached hydrogens (tertiary/aromatic N) is 2. The highest BCUT2D eigenvalue weighted by molar-refractivity contribution is 7.16. The Hall–Kier alpha value is -2.14. The molecule has 0 spiro atoms. The van der Waals surface area contributed by atoms with E-state index in [2.05, 4.69) is 15.3 Å². The standard InChI is InChI=1S/C13H11N3OS/c1-14-13-15-11(10-7-8-18-12(10)16-13)17-9-5-3-2-4-6-9/h2-8H,1H3,(H,14,15,16). The Labute approximate surface area is 108 Å². The molecule has 0 amide bonds. The summed E-state index contributed by atoms with van der Waals surface area (Å²) in [6.45, 7) is 0. The first-order valence-corrected chi connectivity index (χ1v) is 6.40. The second kappa shape index (κ2) is 4.62. The molecule has 0 aliphatic rings. The zero-order valence-corrected chi connectivity index (χ0v) is 10.6. The highest BCUT2D eigenvalue weighted by Crippen LogP contribution is 2.31. The smallest absolute Gasteiger partial charge is 0.232 e. The van der Waals surface area contributed by atoms with E-state index in [0.29, 0.717) is 11.8 Å². The molecule has 0 saturated heterocycles. The van der Waals surface area contributed by atoms with Gasteiger partial charge in [0.15, 0.2) is 0 Å². The van der Waals surface area contributed by atoms with Gasteiger partial charge < -0.3 is 10.1 Å². The summed E-state index contributed by atoms with van der Waals surface area (Å²) in [6.07, 6.45) is 0. The van der Waals surface area contributed by atoms with Gasteiger partial charge in [0.25, 0.3) is 0 Å². The van der Waals surface area contributed by atoms with E-state index in [1.54, 1.807) is 18.4 Å². The zero-order chi connectivity index (χ0) is 12.4. The molecular formula is C13H11N3OS. The predicted octanol–water partition coefficient (Wildman–Crippen LogP) is 3.53. The van der Waals surface area contributed by atoms with E-state index in [0.717, 1.165) is 16.0 Å². The molecule has 4 nitrogen and oxygen atoms in total. The fourth-order valence-electron chi connectivity index (χ4n) is 1.62. The fourth-order valence-corrected chi connectivity index (χ4v) is 2.37. The Bertz CT molecular complexity index is 666. The first-order chi connectivity index (χ1) is 8.86. The van der Waals surface area contributed by atoms with Crippen molar-refractivity contribution in [2.24, 2.45) is 0 Å². The summed E-state index contributed by atoms with van der Waals surface area (Å²) in [5.41, 5.74) is 0. The summed E-state index contributed by atoms with van der Waals surface area (Å²) in [4.78, 5) is 9.64. The van der Waals surface area contributed by atoms with Crippen molar-refractivity contribution < 1.29 is 4.74 Å². The maximum atomic E-state index is 5.81. The number of rotatable bonds is 3. The molecule has 0 aliphatic carbocycles. The molecule has 0 saturated carbocycles. The average molecular weight is 257 g/mol. The lowest BCUT2D eigenvalue weighted by molar-refractivity contribution is 0.469. The Morgan fingerprint density at radius 1 is 1.11 bits per heavy atom. The number of para-hydroxylation sites is 1. The number of aromatic nitrogens is 2. The first-order valence-electron chi connectivity index (χ1n) is 5.53. The van der Waals surface area contributed by atoms with E-state index in [-0.39, 0.29) is 0 Å². The van der Waals surface area contributed by atoms with Crippen LogP contribution in [0.2, 0.25) is 0 Å². The van der Waals surface area contributed by atoms with Crippen LogP contribution in [-0.2, 0) is 0 Å². The van der Waals surface area contributed by atoms with Gasteiger partial charge in [-0.2, -0.15) is 4.98 Å². The van der Waals surface area contributed by atoms with Gasteiger partial charge in [-0.25, -0.2) is 4.98 Å². The highest BCUT2D eigenvalue weighted by Gasteiger charge is 2.10. The summed E-state index contributed by atoms with van der Waals surface area (Å²) >= 11 is 1.57. The van der Waals surface area contributed by atoms with E-state index >= 15 is 0 Å². The highest BCUT2D eigenvalue weighted by atomic mass is 32.1. The van der Waals surface area contributed by atoms with Crippen molar-refractivity contribution in [3.63, 3.8) is 0 Å². The fraction of sp³-hybridized carbons (Fsp3) is 0.0769. The Balaban J connectivity index is 2.07. The van der Waals surface area contributed by atoms with Crippen LogP contribution in [0, 0.1) is 0 Å². The lowest BCUT2D eigenvalue weighted by Crippen LogP contribution is -1.98. The second-order valence-electron chi connectivity index (χ2n) is 3.66. The third kappa shape index (κ3) is 2.00. The van der Waals surface area contributed by atoms with Crippen LogP contribution in [0.1, 0.15) is 0 Å². The Morgan fingerprint density at radius 3 is 2.72 bits per heavy atom. The van der Waals surface area contributed by atoms with Crippen molar-refractivity contribution in [2.45, 2.75) is 0 Å². The molecule has 0 fully saturated rings. The van der Waals surface area contributed by atoms with Gasteiger partial charge in [0, 0.05) is 7.05 Å². The van der Waals surface area contributed by atoms with Crippen molar-refractivity contribution in [1.82, 2.24) is 9.97 Å². The summed E-state index contributed by atoms with van der Waals surface area (Å²) in [5, 5.41) is 5.86. The van der Waals surface area contributed by atoms with E-state index in [9.17, 15) is 0 Å². The van der Waals surface area contributed by atoms with Crippen LogP contribution in [0.4, 0.5) is 5.95 Å². The van der Waals surface area contributed by atoms with Crippen molar-refractivity contribution in [2.75, 3.05) is 12.4 Å². The van der Waals surface area contributed by atoms with Crippen LogP contribution in [0.25, 0.3) is 10.2 Å². The van der Waals surface area contributed by atoms with Crippen molar-refractivity contribution >= 4 is 27.5 Å². The third-order valence-corrected chi connectivity index (χ3v) is 3.28. The van der Waals surface area contributed by atoms with Gasteiger partial charge in [-0.05, 0) is 23.6 Å². The molecule has 2 aromatic heterocycles. The number of hydrogen-bond acceptors (Lipinski definition) is 5. The van der Waals surface area contributed by atoms with Gasteiger partial charge in [-0.3, -0.25) is 0 Å². The minimum absolute atomic E-state index is 0.566. The molecule has 1 N–H and O–H groups in total. The molecule has 0 bridgehead atoms. The number of benzene rings is 1. The minimum atomic E-state index is 0.566. The van der Waals surface area contributed by atoms with Crippen molar-refractivity contribution in [1.29, 1.82) is 0 Å². The maximum absolute atomic E-state index is 5.81. The number of thiophene rings is 1. The van der Waals surface area contributed by atoms with Gasteiger partial charge in [0.05, 0.1) is 5.39 Å². The molecule has 18 heavy (non-hydrogen) atoms. The Kier molecular flexibility index (Phi) is 2.82. The molecule has 90 valence electrons. The van der Waals surface area contributed by atoms with E-state index < -0.39 is 0 Å². The molecule has 1 aromatic carbocycles. The SMILES string of the molecule is CNc1nc(Oc2ccccc2)c2ccsc2n1. The monoisotopic (exact) mass is 257 g/mol. The maximum Gasteiger partial charge on any atom is 0.232 e. The largest absolute Gasteiger partial charge is 0.438 e. The van der Waals surface area contributed by atoms with Crippen molar-refractivity contribution in [3.8, 4) is 11.6 Å². The molecule has 0 atom stereocenters. The second-order valence-corrected chi connectivity index (χ2v) is 4.55. The predicted molar refractivity (Wildman–Crippen MR) is 73.5 cm³/mol. The van der Waals surface area contributed by atoms with Gasteiger partial charge in [-0.15, -0.1) is 11.3 Å². The van der Waals surface area contributed by atoms with E-state index in [1.165, 1.54) is 0 Å². The molecule has 2 heterocycles. The summed E-state index contributed by atoms with van der Waals surface area (Å²) < 4.78 is 5.81. The zero-order valence-electron chi connectivity index (χ0n) is 9.75. The van der Waals surface area contributed by atoms with Gasteiger partial charge in [0.1, 0.15) is 10.6 Å². The first kappa shape index (κ1) is 11.0. The molecule has 3 rings (SSSR count). The third-order valence-electron chi connectivity index (χ3n) is 2.47. The van der Waals surface area contributed by atoms with Crippen LogP contribution in [0.15, 0.2) is 41.8 Å². The molecule has 0 unspecified atom stereocenters. The molecule has 0 radical (unpaired) electrons. The van der Waals surface area contributed by atoms with Gasteiger partial charge >= 0.3 is 0 Å². The number of fused-ring (bicyclic) bond motifs is 1. The quantitative estimate of drug-likeness (QED) is 0.779. The van der Waals surface area contributed by atoms with E-state index in [1.807, 2.05) is 41.8 Å². The summed E-state index contributed by atoms with van der Waals surface area (Å²) in [6, 6.07) is 11.6. The molecule has 0 aliphatic heterocycles. The average Bonchev–Trinajstić information content (AvgIpc) is 2.88. The van der Waals surface area contributed by atoms with Gasteiger partial charge in [0.2, 0.25) is 11.8 Å². The number of ether oxygens (including phenoxy) is 1. The lowest BCUT2D eigenvalue weighted by Gasteiger charge is -2.07. The van der Waals surface area contributed by atoms with Crippen LogP contribution in [-0.4, -0.2) is 17.0 Å². The molecular weight excluding hydrogens is 246 g/mol. The molecule has 3 aromatic rings. The summed E-state index contributed by atoms with van der Waals surface area (Å²) in [5.74, 6) is 1.92. The Morgan fingerprint density at radius 2 is 1.94 bits per heavy atom. The van der Waals surface area contributed by atoms with Crippen LogP contribution in [0.5, 0.6) is 11.6 Å². The number of nitrogens with one attached hydrogen (secondary N) is 1. The number of anilines is 1. The molecule has 5 heteroatoms. The van der Waals surface area contributed by atoms with Crippen LogP contribution < -0.4 is 10.1 Å². The van der Waals surface area contributed by atoms with Crippen LogP contribution in [0.3, 0.4) is 0 Å². The topological polar surface area (TPSA) is 47.0 Å². The normalized spacial score (nSPS) is 10.5. The minimum Gasteiger partial charge on any atom is -0.438 e. The summed E-state index contributed by atoms with van der Waals surface area (Å²) in [7, 11) is 1.79. The van der Waals surface area contributed by atoms with Gasteiger partial charge in [-0.1, -0.05) is 18.2 Å².